The van der Waals surface area contributed by atoms with Gasteiger partial charge in [-0.25, -0.2) is 0 Å². The second kappa shape index (κ2) is 6.73. The summed E-state index contributed by atoms with van der Waals surface area (Å²) in [7, 11) is -0.471. The molecule has 3 rings (SSSR count). The van der Waals surface area contributed by atoms with Crippen LogP contribution in [0.5, 0.6) is 5.75 Å². The van der Waals surface area contributed by atoms with E-state index in [-0.39, 0.29) is 12.6 Å². The fourth-order valence-electron chi connectivity index (χ4n) is 2.82. The molecule has 0 N–H and O–H groups in total. The average molecular weight is 381 g/mol. The largest absolute Gasteiger partial charge is 0.494 e. The lowest BCUT2D eigenvalue weighted by Gasteiger charge is -2.32. The van der Waals surface area contributed by atoms with Crippen LogP contribution in [0.15, 0.2) is 18.2 Å². The van der Waals surface area contributed by atoms with Gasteiger partial charge in [0.05, 0.1) is 22.8 Å². The van der Waals surface area contributed by atoms with Crippen molar-refractivity contribution in [3.63, 3.8) is 0 Å². The second-order valence-electron chi connectivity index (χ2n) is 8.07. The Labute approximate surface area is 160 Å². The number of hydrogen-bond acceptors (Lipinski definition) is 5. The van der Waals surface area contributed by atoms with Crippen molar-refractivity contribution in [2.75, 3.05) is 13.2 Å². The maximum atomic E-state index is 12.0. The maximum Gasteiger partial charge on any atom is 0.494 e. The fourth-order valence-corrected chi connectivity index (χ4v) is 3.06. The van der Waals surface area contributed by atoms with Gasteiger partial charge in [-0.1, -0.05) is 17.7 Å². The standard InChI is InChI=1S/C19H26BClO5/c1-6-23-16(22)19(9-10-19)12-24-15-8-7-13(11-14(15)21)20-25-17(2,3)18(4,5)26-20/h7-8,11H,6,9-10,12H2,1-5H3. The second-order valence-corrected chi connectivity index (χ2v) is 8.47. The zero-order chi connectivity index (χ0) is 19.2. The van der Waals surface area contributed by atoms with Gasteiger partial charge in [-0.2, -0.15) is 0 Å². The molecular formula is C19H26BClO5. The van der Waals surface area contributed by atoms with E-state index in [2.05, 4.69) is 0 Å². The lowest BCUT2D eigenvalue weighted by molar-refractivity contribution is -0.150. The van der Waals surface area contributed by atoms with Crippen molar-refractivity contribution < 1.29 is 23.6 Å². The van der Waals surface area contributed by atoms with E-state index >= 15 is 0 Å². The minimum atomic E-state index is -0.510. The molecule has 1 aliphatic carbocycles. The van der Waals surface area contributed by atoms with Gasteiger partial charge in [0, 0.05) is 0 Å². The van der Waals surface area contributed by atoms with Crippen molar-refractivity contribution in [3.8, 4) is 5.75 Å². The van der Waals surface area contributed by atoms with Gasteiger partial charge in [-0.15, -0.1) is 0 Å². The van der Waals surface area contributed by atoms with E-state index in [0.29, 0.717) is 17.4 Å². The van der Waals surface area contributed by atoms with E-state index in [1.807, 2.05) is 33.8 Å². The Balaban J connectivity index is 1.67. The zero-order valence-corrected chi connectivity index (χ0v) is 16.8. The van der Waals surface area contributed by atoms with Crippen LogP contribution in [0.3, 0.4) is 0 Å². The van der Waals surface area contributed by atoms with E-state index in [9.17, 15) is 4.79 Å². The van der Waals surface area contributed by atoms with Gasteiger partial charge in [0.15, 0.2) is 0 Å². The van der Waals surface area contributed by atoms with Crippen molar-refractivity contribution in [2.24, 2.45) is 5.41 Å². The first-order valence-corrected chi connectivity index (χ1v) is 9.43. The Bertz CT molecular complexity index is 683. The predicted octanol–water partition coefficient (Wildman–Crippen LogP) is 3.36. The molecule has 0 bridgehead atoms. The molecule has 2 aliphatic rings. The molecule has 0 unspecified atom stereocenters. The molecule has 26 heavy (non-hydrogen) atoms. The minimum Gasteiger partial charge on any atom is -0.491 e. The molecule has 1 saturated carbocycles. The van der Waals surface area contributed by atoms with Crippen molar-refractivity contribution >= 4 is 30.2 Å². The fraction of sp³-hybridized carbons (Fsp3) is 0.632. The van der Waals surface area contributed by atoms with Crippen LogP contribution in [0.1, 0.15) is 47.5 Å². The summed E-state index contributed by atoms with van der Waals surface area (Å²) < 4.78 is 23.0. The van der Waals surface area contributed by atoms with E-state index in [1.165, 1.54) is 0 Å². The molecule has 1 heterocycles. The molecule has 5 nitrogen and oxygen atoms in total. The molecule has 0 aromatic heterocycles. The normalized spacial score (nSPS) is 22.2. The van der Waals surface area contributed by atoms with Crippen LogP contribution in [0.25, 0.3) is 0 Å². The highest BCUT2D eigenvalue weighted by Gasteiger charge is 2.53. The first-order chi connectivity index (χ1) is 12.1. The van der Waals surface area contributed by atoms with Crippen LogP contribution >= 0.6 is 11.6 Å². The van der Waals surface area contributed by atoms with Gasteiger partial charge < -0.3 is 18.8 Å². The van der Waals surface area contributed by atoms with Gasteiger partial charge in [-0.3, -0.25) is 4.79 Å². The van der Waals surface area contributed by atoms with Crippen molar-refractivity contribution in [3.05, 3.63) is 23.2 Å². The van der Waals surface area contributed by atoms with Crippen LogP contribution in [0.2, 0.25) is 5.02 Å². The summed E-state index contributed by atoms with van der Waals surface area (Å²) in [6.45, 7) is 10.5. The quantitative estimate of drug-likeness (QED) is 0.559. The molecular weight excluding hydrogens is 354 g/mol. The molecule has 142 valence electrons. The molecule has 2 fully saturated rings. The van der Waals surface area contributed by atoms with E-state index in [4.69, 9.17) is 30.4 Å². The van der Waals surface area contributed by atoms with Gasteiger partial charge in [-0.05, 0) is 65.1 Å². The summed E-state index contributed by atoms with van der Waals surface area (Å²) in [5.74, 6) is 0.354. The Morgan fingerprint density at radius 1 is 1.19 bits per heavy atom. The van der Waals surface area contributed by atoms with Crippen LogP contribution < -0.4 is 10.2 Å². The highest BCUT2D eigenvalue weighted by molar-refractivity contribution is 6.62. The number of halogens is 1. The van der Waals surface area contributed by atoms with Gasteiger partial charge in [0.1, 0.15) is 17.8 Å². The van der Waals surface area contributed by atoms with Crippen LogP contribution in [0, 0.1) is 5.41 Å². The van der Waals surface area contributed by atoms with Crippen LogP contribution in [0.4, 0.5) is 0 Å². The number of benzene rings is 1. The van der Waals surface area contributed by atoms with E-state index in [1.54, 1.807) is 19.1 Å². The molecule has 1 aromatic rings. The topological polar surface area (TPSA) is 54.0 Å². The SMILES string of the molecule is CCOC(=O)C1(COc2ccc(B3OC(C)(C)C(C)(C)O3)cc2Cl)CC1. The Hall–Kier alpha value is -1.24. The van der Waals surface area contributed by atoms with Crippen molar-refractivity contribution in [1.29, 1.82) is 0 Å². The highest BCUT2D eigenvalue weighted by atomic mass is 35.5. The third-order valence-electron chi connectivity index (χ3n) is 5.55. The Morgan fingerprint density at radius 2 is 1.81 bits per heavy atom. The highest BCUT2D eigenvalue weighted by Crippen LogP contribution is 2.47. The molecule has 1 aliphatic heterocycles. The van der Waals surface area contributed by atoms with Crippen molar-refractivity contribution in [1.82, 2.24) is 0 Å². The van der Waals surface area contributed by atoms with E-state index in [0.717, 1.165) is 18.3 Å². The summed E-state index contributed by atoms with van der Waals surface area (Å²) in [4.78, 5) is 12.0. The summed E-state index contributed by atoms with van der Waals surface area (Å²) >= 11 is 6.39. The van der Waals surface area contributed by atoms with Crippen molar-refractivity contribution in [2.45, 2.75) is 58.7 Å². The summed E-state index contributed by atoms with van der Waals surface area (Å²) in [6, 6.07) is 5.47. The maximum absolute atomic E-state index is 12.0. The minimum absolute atomic E-state index is 0.190. The monoisotopic (exact) mass is 380 g/mol. The summed E-state index contributed by atoms with van der Waals surface area (Å²) in [5, 5.41) is 0.469. The Kier molecular flexibility index (Phi) is 5.06. The molecule has 0 radical (unpaired) electrons. The molecule has 1 aromatic carbocycles. The summed E-state index contributed by atoms with van der Waals surface area (Å²) in [5.41, 5.74) is -0.481. The number of carbonyl (C=O) groups excluding carboxylic acids is 1. The van der Waals surface area contributed by atoms with Crippen LogP contribution in [-0.2, 0) is 18.8 Å². The third kappa shape index (κ3) is 3.60. The first-order valence-electron chi connectivity index (χ1n) is 9.05. The first kappa shape index (κ1) is 19.5. The Morgan fingerprint density at radius 3 is 2.31 bits per heavy atom. The number of carbonyl (C=O) groups is 1. The average Bonchev–Trinajstić information content (AvgIpc) is 3.29. The summed E-state index contributed by atoms with van der Waals surface area (Å²) in [6.07, 6.45) is 1.57. The molecule has 7 heteroatoms. The van der Waals surface area contributed by atoms with E-state index < -0.39 is 23.7 Å². The molecule has 0 spiro atoms. The number of ether oxygens (including phenoxy) is 2. The molecule has 0 atom stereocenters. The lowest BCUT2D eigenvalue weighted by atomic mass is 9.79. The van der Waals surface area contributed by atoms with Gasteiger partial charge >= 0.3 is 13.1 Å². The smallest absolute Gasteiger partial charge is 0.491 e. The van der Waals surface area contributed by atoms with Gasteiger partial charge in [0.25, 0.3) is 0 Å². The van der Waals surface area contributed by atoms with Gasteiger partial charge in [0.2, 0.25) is 0 Å². The predicted molar refractivity (Wildman–Crippen MR) is 101 cm³/mol. The molecule has 1 saturated heterocycles. The van der Waals surface area contributed by atoms with Crippen LogP contribution in [-0.4, -0.2) is 37.5 Å². The molecule has 0 amide bonds. The zero-order valence-electron chi connectivity index (χ0n) is 16.1. The third-order valence-corrected chi connectivity index (χ3v) is 5.84. The lowest BCUT2D eigenvalue weighted by Crippen LogP contribution is -2.41. The number of esters is 1. The number of rotatable bonds is 6. The number of hydrogen-bond donors (Lipinski definition) is 0.